The standard InChI is InChI=1S/C18H21N3O3/c1-2-11-21-14-6-4-3-5-13(14)16(22)15(18(21)24)17(23)20-12-7-9-19-10-8-12/h7-10,22H,2-6,11H2,1H3,(H,19,20,23). The van der Waals surface area contributed by atoms with Crippen LogP contribution in [0.3, 0.4) is 0 Å². The second-order valence-corrected chi connectivity index (χ2v) is 6.00. The first-order valence-corrected chi connectivity index (χ1v) is 8.32. The van der Waals surface area contributed by atoms with Crippen LogP contribution in [0.2, 0.25) is 0 Å². The van der Waals surface area contributed by atoms with Gasteiger partial charge < -0.3 is 15.0 Å². The molecule has 0 fully saturated rings. The minimum absolute atomic E-state index is 0.159. The summed E-state index contributed by atoms with van der Waals surface area (Å²) in [6.07, 6.45) is 7.32. The molecule has 2 N–H and O–H groups in total. The van der Waals surface area contributed by atoms with Crippen molar-refractivity contribution >= 4 is 11.6 Å². The highest BCUT2D eigenvalue weighted by molar-refractivity contribution is 6.06. The van der Waals surface area contributed by atoms with Crippen LogP contribution in [0.4, 0.5) is 5.69 Å². The molecule has 0 saturated carbocycles. The van der Waals surface area contributed by atoms with Gasteiger partial charge in [-0.25, -0.2) is 0 Å². The number of carbonyl (C=O) groups is 1. The molecule has 6 heteroatoms. The Morgan fingerprint density at radius 1 is 1.29 bits per heavy atom. The monoisotopic (exact) mass is 327 g/mol. The zero-order valence-electron chi connectivity index (χ0n) is 13.7. The lowest BCUT2D eigenvalue weighted by Gasteiger charge is -2.23. The average Bonchev–Trinajstić information content (AvgIpc) is 2.59. The second kappa shape index (κ2) is 6.86. The van der Waals surface area contributed by atoms with Crippen molar-refractivity contribution in [3.05, 3.63) is 51.7 Å². The lowest BCUT2D eigenvalue weighted by molar-refractivity contribution is 0.102. The normalized spacial score (nSPS) is 13.4. The molecule has 1 amide bonds. The molecule has 0 unspecified atom stereocenters. The fraction of sp³-hybridized carbons (Fsp3) is 0.389. The summed E-state index contributed by atoms with van der Waals surface area (Å²) in [5, 5.41) is 13.2. The van der Waals surface area contributed by atoms with E-state index in [1.165, 1.54) is 0 Å². The summed E-state index contributed by atoms with van der Waals surface area (Å²) in [7, 11) is 0. The highest BCUT2D eigenvalue weighted by Gasteiger charge is 2.26. The first-order valence-electron chi connectivity index (χ1n) is 8.32. The Kier molecular flexibility index (Phi) is 4.64. The smallest absolute Gasteiger partial charge is 0.267 e. The molecular weight excluding hydrogens is 306 g/mol. The van der Waals surface area contributed by atoms with E-state index in [1.54, 1.807) is 29.1 Å². The van der Waals surface area contributed by atoms with Gasteiger partial charge in [-0.15, -0.1) is 0 Å². The molecule has 0 bridgehead atoms. The summed E-state index contributed by atoms with van der Waals surface area (Å²) in [5.41, 5.74) is 1.58. The maximum atomic E-state index is 12.8. The lowest BCUT2D eigenvalue weighted by Crippen LogP contribution is -2.33. The number of nitrogens with zero attached hydrogens (tertiary/aromatic N) is 2. The summed E-state index contributed by atoms with van der Waals surface area (Å²) in [6.45, 7) is 2.54. The Balaban J connectivity index is 2.08. The third kappa shape index (κ3) is 2.91. The van der Waals surface area contributed by atoms with E-state index in [4.69, 9.17) is 0 Å². The number of anilines is 1. The Morgan fingerprint density at radius 3 is 2.71 bits per heavy atom. The number of aromatic nitrogens is 2. The van der Waals surface area contributed by atoms with Gasteiger partial charge in [-0.2, -0.15) is 0 Å². The van der Waals surface area contributed by atoms with Crippen molar-refractivity contribution < 1.29 is 9.90 Å². The van der Waals surface area contributed by atoms with Crippen LogP contribution in [0.5, 0.6) is 5.75 Å². The number of nitrogens with one attached hydrogen (secondary N) is 1. The molecule has 0 spiro atoms. The van der Waals surface area contributed by atoms with Crippen LogP contribution in [0.15, 0.2) is 29.3 Å². The lowest BCUT2D eigenvalue weighted by atomic mass is 9.93. The van der Waals surface area contributed by atoms with Gasteiger partial charge >= 0.3 is 0 Å². The SMILES string of the molecule is CCCn1c2c(c(O)c(C(=O)Nc3ccncc3)c1=O)CCCC2. The predicted molar refractivity (Wildman–Crippen MR) is 91.5 cm³/mol. The molecule has 6 nitrogen and oxygen atoms in total. The predicted octanol–water partition coefficient (Wildman–Crippen LogP) is 2.49. The summed E-state index contributed by atoms with van der Waals surface area (Å²) < 4.78 is 1.66. The van der Waals surface area contributed by atoms with Crippen molar-refractivity contribution in [2.45, 2.75) is 45.6 Å². The van der Waals surface area contributed by atoms with Gasteiger partial charge in [0.1, 0.15) is 11.3 Å². The van der Waals surface area contributed by atoms with Gasteiger partial charge in [0.25, 0.3) is 11.5 Å². The highest BCUT2D eigenvalue weighted by Crippen LogP contribution is 2.30. The average molecular weight is 327 g/mol. The Morgan fingerprint density at radius 2 is 2.00 bits per heavy atom. The first kappa shape index (κ1) is 16.2. The number of hydrogen-bond donors (Lipinski definition) is 2. The number of hydrogen-bond acceptors (Lipinski definition) is 4. The molecule has 1 aliphatic carbocycles. The molecule has 126 valence electrons. The summed E-state index contributed by atoms with van der Waals surface area (Å²) >= 11 is 0. The molecule has 3 rings (SSSR count). The van der Waals surface area contributed by atoms with Gasteiger partial charge in [0, 0.05) is 35.9 Å². The number of rotatable bonds is 4. The number of amides is 1. The number of pyridine rings is 2. The van der Waals surface area contributed by atoms with E-state index in [-0.39, 0.29) is 11.3 Å². The Hall–Kier alpha value is -2.63. The zero-order chi connectivity index (χ0) is 17.1. The van der Waals surface area contributed by atoms with Crippen molar-refractivity contribution in [2.75, 3.05) is 5.32 Å². The molecule has 2 aromatic rings. The number of carbonyl (C=O) groups excluding carboxylic acids is 1. The van der Waals surface area contributed by atoms with Crippen LogP contribution in [-0.2, 0) is 19.4 Å². The van der Waals surface area contributed by atoms with E-state index in [9.17, 15) is 14.7 Å². The molecule has 0 radical (unpaired) electrons. The molecule has 24 heavy (non-hydrogen) atoms. The number of aromatic hydroxyl groups is 1. The van der Waals surface area contributed by atoms with E-state index in [0.29, 0.717) is 18.7 Å². The maximum absolute atomic E-state index is 12.8. The van der Waals surface area contributed by atoms with Gasteiger partial charge in [-0.3, -0.25) is 14.6 Å². The zero-order valence-corrected chi connectivity index (χ0v) is 13.7. The van der Waals surface area contributed by atoms with Crippen LogP contribution in [0.25, 0.3) is 0 Å². The van der Waals surface area contributed by atoms with E-state index in [2.05, 4.69) is 10.3 Å². The third-order valence-electron chi connectivity index (χ3n) is 4.36. The molecule has 1 aliphatic rings. The van der Waals surface area contributed by atoms with Gasteiger partial charge in [0.2, 0.25) is 0 Å². The topological polar surface area (TPSA) is 84.2 Å². The molecule has 0 aliphatic heterocycles. The van der Waals surface area contributed by atoms with Gasteiger partial charge in [0.05, 0.1) is 0 Å². The van der Waals surface area contributed by atoms with Crippen LogP contribution in [0.1, 0.15) is 47.8 Å². The van der Waals surface area contributed by atoms with E-state index in [1.807, 2.05) is 6.92 Å². The van der Waals surface area contributed by atoms with Crippen molar-refractivity contribution in [3.8, 4) is 5.75 Å². The highest BCUT2D eigenvalue weighted by atomic mass is 16.3. The van der Waals surface area contributed by atoms with Crippen molar-refractivity contribution in [3.63, 3.8) is 0 Å². The molecule has 0 aromatic carbocycles. The van der Waals surface area contributed by atoms with Gasteiger partial charge in [0.15, 0.2) is 0 Å². The maximum Gasteiger partial charge on any atom is 0.267 e. The summed E-state index contributed by atoms with van der Waals surface area (Å²) in [4.78, 5) is 29.3. The van der Waals surface area contributed by atoms with Crippen LogP contribution >= 0.6 is 0 Å². The first-order chi connectivity index (χ1) is 11.6. The second-order valence-electron chi connectivity index (χ2n) is 6.00. The number of fused-ring (bicyclic) bond motifs is 1. The van der Waals surface area contributed by atoms with Gasteiger partial charge in [-0.1, -0.05) is 6.92 Å². The summed E-state index contributed by atoms with van der Waals surface area (Å²) in [5.74, 6) is -0.740. The van der Waals surface area contributed by atoms with E-state index in [0.717, 1.165) is 36.9 Å². The molecule has 0 saturated heterocycles. The quantitative estimate of drug-likeness (QED) is 0.903. The van der Waals surface area contributed by atoms with Crippen molar-refractivity contribution in [2.24, 2.45) is 0 Å². The molecular formula is C18H21N3O3. The Bertz CT molecular complexity index is 812. The van der Waals surface area contributed by atoms with Crippen LogP contribution in [-0.4, -0.2) is 20.6 Å². The van der Waals surface area contributed by atoms with Crippen LogP contribution < -0.4 is 10.9 Å². The Labute approximate surface area is 140 Å². The van der Waals surface area contributed by atoms with Crippen molar-refractivity contribution in [1.29, 1.82) is 0 Å². The van der Waals surface area contributed by atoms with E-state index >= 15 is 0 Å². The molecule has 0 atom stereocenters. The van der Waals surface area contributed by atoms with E-state index < -0.39 is 11.5 Å². The minimum atomic E-state index is -0.582. The minimum Gasteiger partial charge on any atom is -0.507 e. The fourth-order valence-electron chi connectivity index (χ4n) is 3.25. The molecule has 2 heterocycles. The largest absolute Gasteiger partial charge is 0.507 e. The van der Waals surface area contributed by atoms with Crippen molar-refractivity contribution in [1.82, 2.24) is 9.55 Å². The fourth-order valence-corrected chi connectivity index (χ4v) is 3.25. The van der Waals surface area contributed by atoms with Gasteiger partial charge in [-0.05, 0) is 44.2 Å². The molecule has 2 aromatic heterocycles. The third-order valence-corrected chi connectivity index (χ3v) is 4.36. The summed E-state index contributed by atoms with van der Waals surface area (Å²) in [6, 6.07) is 3.27. The van der Waals surface area contributed by atoms with Crippen LogP contribution in [0, 0.1) is 0 Å².